The molecule has 150 valence electrons. The molecule has 3 aromatic rings. The molecule has 3 rings (SSSR count). The Bertz CT molecular complexity index is 1030. The zero-order valence-electron chi connectivity index (χ0n) is 16.5. The van der Waals surface area contributed by atoms with Gasteiger partial charge >= 0.3 is 0 Å². The minimum Gasteiger partial charge on any atom is -0.496 e. The molecule has 0 saturated carbocycles. The Morgan fingerprint density at radius 1 is 1.21 bits per heavy atom. The Morgan fingerprint density at radius 2 is 1.97 bits per heavy atom. The summed E-state index contributed by atoms with van der Waals surface area (Å²) < 4.78 is 7.99. The molecule has 0 saturated heterocycles. The molecule has 0 amide bonds. The van der Waals surface area contributed by atoms with Crippen LogP contribution in [0.1, 0.15) is 41.8 Å². The van der Waals surface area contributed by atoms with Crippen molar-refractivity contribution in [1.82, 2.24) is 19.7 Å². The second-order valence-corrected chi connectivity index (χ2v) is 7.03. The van der Waals surface area contributed by atoms with Crippen molar-refractivity contribution in [2.24, 2.45) is 0 Å². The fourth-order valence-corrected chi connectivity index (χ4v) is 3.18. The molecule has 1 N–H and O–H groups in total. The summed E-state index contributed by atoms with van der Waals surface area (Å²) in [6, 6.07) is 3.59. The van der Waals surface area contributed by atoms with Gasteiger partial charge in [-0.05, 0) is 40.5 Å². The molecule has 0 spiro atoms. The van der Waals surface area contributed by atoms with E-state index in [0.29, 0.717) is 23.7 Å². The van der Waals surface area contributed by atoms with Gasteiger partial charge in [-0.3, -0.25) is 9.48 Å². The number of nitrogens with zero attached hydrogens (tertiary/aromatic N) is 4. The van der Waals surface area contributed by atoms with Crippen LogP contribution in [0.15, 0.2) is 41.4 Å². The zero-order valence-corrected chi connectivity index (χ0v) is 18.1. The number of nitrogens with one attached hydrogen (secondary N) is 1. The van der Waals surface area contributed by atoms with E-state index in [1.54, 1.807) is 31.8 Å². The SMILES string of the molecule is CCC(=O)c1cc(/C=C/c2cnc(Nc3cnn(CC)c3)nc2)c(Br)c(OC)c1. The van der Waals surface area contributed by atoms with Crippen LogP contribution in [0.5, 0.6) is 5.75 Å². The molecule has 0 radical (unpaired) electrons. The number of aromatic nitrogens is 4. The lowest BCUT2D eigenvalue weighted by Gasteiger charge is -2.09. The molecule has 0 fully saturated rings. The molecule has 0 aliphatic heterocycles. The summed E-state index contributed by atoms with van der Waals surface area (Å²) in [5, 5.41) is 7.33. The van der Waals surface area contributed by atoms with Crippen molar-refractivity contribution in [2.75, 3.05) is 12.4 Å². The highest BCUT2D eigenvalue weighted by molar-refractivity contribution is 9.10. The molecular weight excluding hydrogens is 434 g/mol. The lowest BCUT2D eigenvalue weighted by atomic mass is 10.0. The molecule has 8 heteroatoms. The number of methoxy groups -OCH3 is 1. The number of hydrogen-bond donors (Lipinski definition) is 1. The van der Waals surface area contributed by atoms with Crippen LogP contribution < -0.4 is 10.1 Å². The maximum atomic E-state index is 12.1. The smallest absolute Gasteiger partial charge is 0.227 e. The molecule has 1 aromatic carbocycles. The van der Waals surface area contributed by atoms with Crippen molar-refractivity contribution in [3.05, 3.63) is 58.1 Å². The largest absolute Gasteiger partial charge is 0.496 e. The Kier molecular flexibility index (Phi) is 6.77. The van der Waals surface area contributed by atoms with E-state index in [-0.39, 0.29) is 5.78 Å². The number of carbonyl (C=O) groups is 1. The molecule has 0 atom stereocenters. The number of rotatable bonds is 8. The summed E-state index contributed by atoms with van der Waals surface area (Å²) in [6.07, 6.45) is 11.3. The van der Waals surface area contributed by atoms with Gasteiger partial charge in [-0.2, -0.15) is 5.10 Å². The normalized spacial score (nSPS) is 11.0. The van der Waals surface area contributed by atoms with E-state index in [1.165, 1.54) is 0 Å². The van der Waals surface area contributed by atoms with Gasteiger partial charge in [0, 0.05) is 42.7 Å². The average molecular weight is 456 g/mol. The lowest BCUT2D eigenvalue weighted by molar-refractivity contribution is 0.0987. The summed E-state index contributed by atoms with van der Waals surface area (Å²) in [4.78, 5) is 20.8. The van der Waals surface area contributed by atoms with E-state index in [0.717, 1.165) is 27.8 Å². The van der Waals surface area contributed by atoms with Crippen LogP contribution in [0.4, 0.5) is 11.6 Å². The molecule has 0 aliphatic rings. The molecule has 2 aromatic heterocycles. The van der Waals surface area contributed by atoms with Gasteiger partial charge in [-0.15, -0.1) is 0 Å². The molecule has 0 unspecified atom stereocenters. The summed E-state index contributed by atoms with van der Waals surface area (Å²) in [7, 11) is 1.58. The number of ether oxygens (including phenoxy) is 1. The van der Waals surface area contributed by atoms with Crippen LogP contribution in [0.3, 0.4) is 0 Å². The van der Waals surface area contributed by atoms with Gasteiger partial charge in [0.05, 0.1) is 23.5 Å². The first-order valence-electron chi connectivity index (χ1n) is 9.24. The van der Waals surface area contributed by atoms with Crippen molar-refractivity contribution in [3.63, 3.8) is 0 Å². The molecule has 0 aliphatic carbocycles. The van der Waals surface area contributed by atoms with Crippen LogP contribution in [-0.4, -0.2) is 32.6 Å². The van der Waals surface area contributed by atoms with E-state index in [1.807, 2.05) is 42.9 Å². The van der Waals surface area contributed by atoms with E-state index >= 15 is 0 Å². The summed E-state index contributed by atoms with van der Waals surface area (Å²) >= 11 is 3.54. The van der Waals surface area contributed by atoms with Crippen LogP contribution in [-0.2, 0) is 6.54 Å². The number of halogens is 1. The van der Waals surface area contributed by atoms with Gasteiger partial charge in [0.15, 0.2) is 5.78 Å². The highest BCUT2D eigenvalue weighted by Crippen LogP contribution is 2.32. The number of hydrogen-bond acceptors (Lipinski definition) is 6. The molecule has 0 bridgehead atoms. The van der Waals surface area contributed by atoms with Gasteiger partial charge in [0.1, 0.15) is 5.75 Å². The second kappa shape index (κ2) is 9.47. The van der Waals surface area contributed by atoms with E-state index < -0.39 is 0 Å². The second-order valence-electron chi connectivity index (χ2n) is 6.24. The van der Waals surface area contributed by atoms with Gasteiger partial charge in [0.2, 0.25) is 5.95 Å². The predicted octanol–water partition coefficient (Wildman–Crippen LogP) is 4.97. The minimum atomic E-state index is 0.0654. The molecule has 2 heterocycles. The Labute approximate surface area is 178 Å². The van der Waals surface area contributed by atoms with Crippen LogP contribution in [0, 0.1) is 0 Å². The van der Waals surface area contributed by atoms with E-state index in [9.17, 15) is 4.79 Å². The number of benzene rings is 1. The van der Waals surface area contributed by atoms with Crippen molar-refractivity contribution in [1.29, 1.82) is 0 Å². The first-order chi connectivity index (χ1) is 14.0. The van der Waals surface area contributed by atoms with Crippen LogP contribution in [0.25, 0.3) is 12.2 Å². The Balaban J connectivity index is 1.78. The lowest BCUT2D eigenvalue weighted by Crippen LogP contribution is -1.99. The minimum absolute atomic E-state index is 0.0654. The fourth-order valence-electron chi connectivity index (χ4n) is 2.66. The summed E-state index contributed by atoms with van der Waals surface area (Å²) in [6.45, 7) is 4.67. The maximum Gasteiger partial charge on any atom is 0.227 e. The quantitative estimate of drug-likeness (QED) is 0.482. The first-order valence-corrected chi connectivity index (χ1v) is 10.0. The van der Waals surface area contributed by atoms with E-state index in [4.69, 9.17) is 4.74 Å². The monoisotopic (exact) mass is 455 g/mol. The number of anilines is 2. The van der Waals surface area contributed by atoms with Crippen molar-refractivity contribution in [2.45, 2.75) is 26.8 Å². The summed E-state index contributed by atoms with van der Waals surface area (Å²) in [5.74, 6) is 1.18. The number of aryl methyl sites for hydroxylation is 1. The summed E-state index contributed by atoms with van der Waals surface area (Å²) in [5.41, 5.74) is 3.13. The number of carbonyl (C=O) groups excluding carboxylic acids is 1. The third-order valence-electron chi connectivity index (χ3n) is 4.27. The van der Waals surface area contributed by atoms with Gasteiger partial charge < -0.3 is 10.1 Å². The van der Waals surface area contributed by atoms with Gasteiger partial charge in [0.25, 0.3) is 0 Å². The predicted molar refractivity (Wildman–Crippen MR) is 117 cm³/mol. The molecular formula is C21H22BrN5O2. The number of ketones is 1. The molecule has 29 heavy (non-hydrogen) atoms. The molecule has 7 nitrogen and oxygen atoms in total. The zero-order chi connectivity index (χ0) is 20.8. The number of Topliss-reactive ketones (excluding diaryl/α,β-unsaturated/α-hetero) is 1. The average Bonchev–Trinajstić information content (AvgIpc) is 3.21. The van der Waals surface area contributed by atoms with E-state index in [2.05, 4.69) is 36.3 Å². The first kappa shape index (κ1) is 20.7. The fraction of sp³-hybridized carbons (Fsp3) is 0.238. The highest BCUT2D eigenvalue weighted by Gasteiger charge is 2.11. The standard InChI is InChI=1S/C21H22BrN5O2/c1-4-18(28)16-8-15(20(22)19(9-16)29-3)7-6-14-10-23-21(24-11-14)26-17-12-25-27(5-2)13-17/h6-13H,4-5H2,1-3H3,(H,23,24,26)/b7-6+. The van der Waals surface area contributed by atoms with Crippen molar-refractivity contribution >= 4 is 45.5 Å². The third kappa shape index (κ3) is 5.08. The highest BCUT2D eigenvalue weighted by atomic mass is 79.9. The van der Waals surface area contributed by atoms with Gasteiger partial charge in [-0.1, -0.05) is 19.1 Å². The Hall–Kier alpha value is -3.00. The van der Waals surface area contributed by atoms with Crippen molar-refractivity contribution in [3.8, 4) is 5.75 Å². The third-order valence-corrected chi connectivity index (χ3v) is 5.12. The Morgan fingerprint density at radius 3 is 2.59 bits per heavy atom. The van der Waals surface area contributed by atoms with Crippen LogP contribution >= 0.6 is 15.9 Å². The van der Waals surface area contributed by atoms with Gasteiger partial charge in [-0.25, -0.2) is 9.97 Å². The van der Waals surface area contributed by atoms with Crippen molar-refractivity contribution < 1.29 is 9.53 Å². The topological polar surface area (TPSA) is 81.9 Å². The van der Waals surface area contributed by atoms with Crippen LogP contribution in [0.2, 0.25) is 0 Å². The maximum absolute atomic E-state index is 12.1.